The lowest BCUT2D eigenvalue weighted by Gasteiger charge is -2.33. The van der Waals surface area contributed by atoms with Crippen LogP contribution in [0.4, 0.5) is 17.1 Å². The van der Waals surface area contributed by atoms with Crippen LogP contribution in [0.1, 0.15) is 25.0 Å². The Morgan fingerprint density at radius 1 is 0.462 bits per heavy atom. The maximum Gasteiger partial charge on any atom is 0.137 e. The zero-order chi connectivity index (χ0) is 34.6. The van der Waals surface area contributed by atoms with Gasteiger partial charge in [-0.2, -0.15) is 0 Å². The zero-order valence-electron chi connectivity index (χ0n) is 28.9. The molecule has 0 spiro atoms. The van der Waals surface area contributed by atoms with Gasteiger partial charge in [0, 0.05) is 44.6 Å². The topological polar surface area (TPSA) is 25.6 Å². The SMILES string of the molecule is CC1(C)c2ccccc2-c2cccc(N(c3ccc4c(c3)Oc3ccc(-c5ccccc5)c5cccc-4c35)c3ccc4oc5ccccc5c4c3)c21. The molecule has 0 unspecified atom stereocenters. The number of hydrogen-bond acceptors (Lipinski definition) is 3. The molecule has 246 valence electrons. The van der Waals surface area contributed by atoms with Crippen LogP contribution in [-0.4, -0.2) is 0 Å². The van der Waals surface area contributed by atoms with E-state index in [4.69, 9.17) is 9.15 Å². The van der Waals surface area contributed by atoms with Gasteiger partial charge in [0.25, 0.3) is 0 Å². The molecule has 3 nitrogen and oxygen atoms in total. The molecule has 0 radical (unpaired) electrons. The first-order valence-electron chi connectivity index (χ1n) is 17.9. The number of nitrogens with zero attached hydrogens (tertiary/aromatic N) is 1. The fraction of sp³-hybridized carbons (Fsp3) is 0.0612. The third-order valence-corrected chi connectivity index (χ3v) is 11.2. The van der Waals surface area contributed by atoms with Crippen LogP contribution >= 0.6 is 0 Å². The molecule has 1 aliphatic heterocycles. The highest BCUT2D eigenvalue weighted by molar-refractivity contribution is 6.10. The molecule has 0 saturated carbocycles. The van der Waals surface area contributed by atoms with E-state index in [0.717, 1.165) is 61.4 Å². The normalized spacial score (nSPS) is 13.5. The van der Waals surface area contributed by atoms with E-state index in [-0.39, 0.29) is 5.41 Å². The summed E-state index contributed by atoms with van der Waals surface area (Å²) in [7, 11) is 0. The first-order chi connectivity index (χ1) is 25.5. The van der Waals surface area contributed by atoms with Gasteiger partial charge < -0.3 is 14.1 Å². The van der Waals surface area contributed by atoms with Gasteiger partial charge in [-0.05, 0) is 92.9 Å². The molecule has 1 aliphatic carbocycles. The lowest BCUT2D eigenvalue weighted by molar-refractivity contribution is 0.487. The maximum atomic E-state index is 6.86. The molecule has 52 heavy (non-hydrogen) atoms. The van der Waals surface area contributed by atoms with Crippen LogP contribution in [0.2, 0.25) is 0 Å². The molecule has 2 aliphatic rings. The summed E-state index contributed by atoms with van der Waals surface area (Å²) in [6, 6.07) is 58.6. The van der Waals surface area contributed by atoms with E-state index >= 15 is 0 Å². The van der Waals surface area contributed by atoms with Crippen molar-refractivity contribution in [3.63, 3.8) is 0 Å². The number of para-hydroxylation sites is 1. The van der Waals surface area contributed by atoms with Gasteiger partial charge in [0.05, 0.1) is 5.69 Å². The Balaban J connectivity index is 1.13. The van der Waals surface area contributed by atoms with E-state index < -0.39 is 0 Å². The van der Waals surface area contributed by atoms with Crippen molar-refractivity contribution in [2.24, 2.45) is 0 Å². The van der Waals surface area contributed by atoms with Crippen LogP contribution in [0.3, 0.4) is 0 Å². The average molecular weight is 668 g/mol. The van der Waals surface area contributed by atoms with Crippen LogP contribution in [-0.2, 0) is 5.41 Å². The highest BCUT2D eigenvalue weighted by Crippen LogP contribution is 2.56. The van der Waals surface area contributed by atoms with Crippen LogP contribution in [0, 0.1) is 0 Å². The van der Waals surface area contributed by atoms with E-state index in [1.807, 2.05) is 12.1 Å². The van der Waals surface area contributed by atoms with Gasteiger partial charge in [0.15, 0.2) is 0 Å². The van der Waals surface area contributed by atoms with Crippen molar-refractivity contribution in [3.8, 4) is 44.9 Å². The molecule has 0 bridgehead atoms. The third kappa shape index (κ3) is 4.08. The molecule has 0 amide bonds. The van der Waals surface area contributed by atoms with Gasteiger partial charge in [-0.3, -0.25) is 0 Å². The van der Waals surface area contributed by atoms with Crippen LogP contribution in [0.25, 0.3) is 66.1 Å². The number of hydrogen-bond donors (Lipinski definition) is 0. The Kier molecular flexibility index (Phi) is 6.01. The smallest absolute Gasteiger partial charge is 0.137 e. The Hall–Kier alpha value is -6.58. The van der Waals surface area contributed by atoms with Crippen LogP contribution in [0.5, 0.6) is 11.5 Å². The Labute approximate surface area is 302 Å². The molecular weight excluding hydrogens is 635 g/mol. The minimum atomic E-state index is -0.205. The van der Waals surface area contributed by atoms with Crippen LogP contribution in [0.15, 0.2) is 168 Å². The Bertz CT molecular complexity index is 2920. The molecule has 11 rings (SSSR count). The van der Waals surface area contributed by atoms with Gasteiger partial charge in [0.1, 0.15) is 22.7 Å². The Morgan fingerprint density at radius 2 is 1.15 bits per heavy atom. The summed E-state index contributed by atoms with van der Waals surface area (Å²) in [5.41, 5.74) is 14.7. The molecule has 9 aromatic rings. The first kappa shape index (κ1) is 29.2. The summed E-state index contributed by atoms with van der Waals surface area (Å²) in [5, 5.41) is 4.55. The lowest BCUT2D eigenvalue weighted by Crippen LogP contribution is -2.20. The number of ether oxygens (including phenoxy) is 1. The first-order valence-corrected chi connectivity index (χ1v) is 17.9. The molecule has 0 N–H and O–H groups in total. The molecule has 0 saturated heterocycles. The second-order valence-corrected chi connectivity index (χ2v) is 14.5. The third-order valence-electron chi connectivity index (χ3n) is 11.2. The molecule has 2 heterocycles. The summed E-state index contributed by atoms with van der Waals surface area (Å²) in [4.78, 5) is 2.41. The fourth-order valence-corrected chi connectivity index (χ4v) is 8.91. The molecular formula is C49H33NO2. The lowest BCUT2D eigenvalue weighted by atomic mass is 9.81. The fourth-order valence-electron chi connectivity index (χ4n) is 8.91. The van der Waals surface area contributed by atoms with E-state index in [2.05, 4.69) is 170 Å². The molecule has 3 heteroatoms. The van der Waals surface area contributed by atoms with Crippen molar-refractivity contribution >= 4 is 49.8 Å². The minimum absolute atomic E-state index is 0.205. The number of anilines is 3. The monoisotopic (exact) mass is 667 g/mol. The number of furan rings is 1. The summed E-state index contributed by atoms with van der Waals surface area (Å²) in [6.45, 7) is 4.70. The van der Waals surface area contributed by atoms with Gasteiger partial charge in [-0.1, -0.05) is 123 Å². The number of rotatable bonds is 4. The highest BCUT2D eigenvalue weighted by atomic mass is 16.5. The number of fused-ring (bicyclic) bond motifs is 8. The predicted octanol–water partition coefficient (Wildman–Crippen LogP) is 14.0. The summed E-state index contributed by atoms with van der Waals surface area (Å²) < 4.78 is 13.1. The van der Waals surface area contributed by atoms with Crippen molar-refractivity contribution in [3.05, 3.63) is 175 Å². The molecule has 0 atom stereocenters. The van der Waals surface area contributed by atoms with Crippen molar-refractivity contribution in [1.29, 1.82) is 0 Å². The van der Waals surface area contributed by atoms with Crippen molar-refractivity contribution in [1.82, 2.24) is 0 Å². The minimum Gasteiger partial charge on any atom is -0.456 e. The number of benzene rings is 8. The summed E-state index contributed by atoms with van der Waals surface area (Å²) in [6.07, 6.45) is 0. The van der Waals surface area contributed by atoms with E-state index in [9.17, 15) is 0 Å². The van der Waals surface area contributed by atoms with Crippen molar-refractivity contribution in [2.45, 2.75) is 19.3 Å². The highest BCUT2D eigenvalue weighted by Gasteiger charge is 2.39. The molecule has 1 aromatic heterocycles. The zero-order valence-corrected chi connectivity index (χ0v) is 28.9. The average Bonchev–Trinajstić information content (AvgIpc) is 3.67. The van der Waals surface area contributed by atoms with E-state index in [1.54, 1.807) is 0 Å². The summed E-state index contributed by atoms with van der Waals surface area (Å²) >= 11 is 0. The largest absolute Gasteiger partial charge is 0.456 e. The quantitative estimate of drug-likeness (QED) is 0.187. The van der Waals surface area contributed by atoms with Crippen LogP contribution < -0.4 is 9.64 Å². The summed E-state index contributed by atoms with van der Waals surface area (Å²) in [5.74, 6) is 1.73. The predicted molar refractivity (Wildman–Crippen MR) is 214 cm³/mol. The van der Waals surface area contributed by atoms with Gasteiger partial charge >= 0.3 is 0 Å². The van der Waals surface area contributed by atoms with Crippen molar-refractivity contribution in [2.75, 3.05) is 4.90 Å². The second kappa shape index (κ2) is 10.7. The maximum absolute atomic E-state index is 6.86. The van der Waals surface area contributed by atoms with Gasteiger partial charge in [-0.25, -0.2) is 0 Å². The Morgan fingerprint density at radius 3 is 2.08 bits per heavy atom. The molecule has 0 fully saturated rings. The van der Waals surface area contributed by atoms with Gasteiger partial charge in [0.2, 0.25) is 0 Å². The second-order valence-electron chi connectivity index (χ2n) is 14.5. The van der Waals surface area contributed by atoms with E-state index in [1.165, 1.54) is 44.3 Å². The van der Waals surface area contributed by atoms with E-state index in [0.29, 0.717) is 0 Å². The standard InChI is InChI=1S/C49H33NO2/c1-49(2)41-19-8-6-14-34(41)39-18-11-20-42(48(39)49)50(31-23-26-44-40(28-31)35-15-7-9-21-43(35)51-44)32-22-24-36-38-17-10-16-37-33(30-12-4-3-5-13-30)25-27-45(47(37)38)52-46(36)29-32/h3-29H,1-2H3. The molecule has 8 aromatic carbocycles. The van der Waals surface area contributed by atoms with Gasteiger partial charge in [-0.15, -0.1) is 0 Å². The van der Waals surface area contributed by atoms with Crippen molar-refractivity contribution < 1.29 is 9.15 Å².